The van der Waals surface area contributed by atoms with Crippen molar-refractivity contribution in [2.24, 2.45) is 0 Å². The smallest absolute Gasteiger partial charge is 0.338 e. The average Bonchev–Trinajstić information content (AvgIpc) is 2.95. The van der Waals surface area contributed by atoms with E-state index in [0.29, 0.717) is 32.8 Å². The Morgan fingerprint density at radius 2 is 2.14 bits per heavy atom. The van der Waals surface area contributed by atoms with Crippen molar-refractivity contribution in [3.63, 3.8) is 0 Å². The van der Waals surface area contributed by atoms with Gasteiger partial charge in [-0.3, -0.25) is 4.79 Å². The largest absolute Gasteiger partial charge is 0.467 e. The normalized spacial score (nSPS) is 29.4. The van der Waals surface area contributed by atoms with Crippen molar-refractivity contribution >= 4 is 11.9 Å². The SMILES string of the molecule is COC(=O)[C@H](O)[C@H]1OCCCCOC[C@H]2CCCN2C1=O. The third kappa shape index (κ3) is 3.93. The Morgan fingerprint density at radius 3 is 2.90 bits per heavy atom. The van der Waals surface area contributed by atoms with Crippen LogP contribution >= 0.6 is 0 Å². The zero-order valence-corrected chi connectivity index (χ0v) is 12.3. The zero-order chi connectivity index (χ0) is 15.2. The minimum atomic E-state index is -1.59. The van der Waals surface area contributed by atoms with Crippen molar-refractivity contribution in [3.8, 4) is 0 Å². The van der Waals surface area contributed by atoms with Crippen LogP contribution in [0.3, 0.4) is 0 Å². The number of rotatable bonds is 2. The third-order valence-corrected chi connectivity index (χ3v) is 3.92. The van der Waals surface area contributed by atoms with Gasteiger partial charge in [-0.25, -0.2) is 4.79 Å². The second-order valence-corrected chi connectivity index (χ2v) is 5.37. The quantitative estimate of drug-likeness (QED) is 0.705. The highest BCUT2D eigenvalue weighted by atomic mass is 16.6. The maximum Gasteiger partial charge on any atom is 0.338 e. The highest BCUT2D eigenvalue weighted by molar-refractivity contribution is 5.89. The van der Waals surface area contributed by atoms with Crippen molar-refractivity contribution in [3.05, 3.63) is 0 Å². The molecule has 7 heteroatoms. The fourth-order valence-corrected chi connectivity index (χ4v) is 2.74. The van der Waals surface area contributed by atoms with Crippen LogP contribution in [0.15, 0.2) is 0 Å². The molecule has 120 valence electrons. The number of methoxy groups -OCH3 is 1. The van der Waals surface area contributed by atoms with Gasteiger partial charge in [0.25, 0.3) is 5.91 Å². The number of carbonyl (C=O) groups excluding carboxylic acids is 2. The van der Waals surface area contributed by atoms with Gasteiger partial charge >= 0.3 is 5.97 Å². The number of fused-ring (bicyclic) bond motifs is 1. The van der Waals surface area contributed by atoms with Crippen LogP contribution in [0.1, 0.15) is 25.7 Å². The molecule has 0 unspecified atom stereocenters. The lowest BCUT2D eigenvalue weighted by Crippen LogP contribution is -2.51. The first-order valence-corrected chi connectivity index (χ1v) is 7.41. The molecule has 2 fully saturated rings. The van der Waals surface area contributed by atoms with E-state index in [1.807, 2.05) is 0 Å². The lowest BCUT2D eigenvalue weighted by Gasteiger charge is -2.29. The van der Waals surface area contributed by atoms with E-state index >= 15 is 0 Å². The number of ether oxygens (including phenoxy) is 3. The Kier molecular flexibility index (Phi) is 5.96. The summed E-state index contributed by atoms with van der Waals surface area (Å²) >= 11 is 0. The second kappa shape index (κ2) is 7.72. The minimum absolute atomic E-state index is 0.00783. The first kappa shape index (κ1) is 16.2. The van der Waals surface area contributed by atoms with Crippen molar-refractivity contribution in [1.82, 2.24) is 4.90 Å². The summed E-state index contributed by atoms with van der Waals surface area (Å²) in [7, 11) is 1.17. The zero-order valence-electron chi connectivity index (χ0n) is 12.3. The van der Waals surface area contributed by atoms with E-state index < -0.39 is 18.2 Å². The van der Waals surface area contributed by atoms with Gasteiger partial charge in [0.2, 0.25) is 0 Å². The molecule has 0 spiro atoms. The Morgan fingerprint density at radius 1 is 1.38 bits per heavy atom. The van der Waals surface area contributed by atoms with Gasteiger partial charge in [0.05, 0.1) is 19.8 Å². The van der Waals surface area contributed by atoms with Gasteiger partial charge in [0, 0.05) is 19.8 Å². The molecule has 21 heavy (non-hydrogen) atoms. The molecule has 3 atom stereocenters. The Balaban J connectivity index is 2.14. The summed E-state index contributed by atoms with van der Waals surface area (Å²) in [4.78, 5) is 25.8. The predicted octanol–water partition coefficient (Wildman–Crippen LogP) is -0.293. The maximum atomic E-state index is 12.6. The summed E-state index contributed by atoms with van der Waals surface area (Å²) in [5, 5.41) is 10.0. The molecule has 2 heterocycles. The summed E-state index contributed by atoms with van der Waals surface area (Å²) in [6.45, 7) is 2.02. The standard InChI is InChI=1S/C14H23NO6/c1-19-14(18)11(16)12-13(17)15-6-4-5-10(15)9-20-7-2-3-8-21-12/h10-12,16H,2-9H2,1H3/t10-,11-,12-/m1/s1. The number of amides is 1. The lowest BCUT2D eigenvalue weighted by molar-refractivity contribution is -0.169. The molecule has 0 bridgehead atoms. The van der Waals surface area contributed by atoms with Gasteiger partial charge in [-0.15, -0.1) is 0 Å². The molecule has 2 aliphatic rings. The topological polar surface area (TPSA) is 85.3 Å². The van der Waals surface area contributed by atoms with Crippen molar-refractivity contribution < 1.29 is 28.9 Å². The van der Waals surface area contributed by atoms with Crippen LogP contribution in [-0.4, -0.2) is 73.6 Å². The van der Waals surface area contributed by atoms with Gasteiger partial charge in [0.1, 0.15) is 0 Å². The first-order chi connectivity index (χ1) is 10.1. The van der Waals surface area contributed by atoms with Crippen molar-refractivity contribution in [2.75, 3.05) is 33.5 Å². The summed E-state index contributed by atoms with van der Waals surface area (Å²) < 4.78 is 15.6. The van der Waals surface area contributed by atoms with E-state index in [9.17, 15) is 14.7 Å². The molecule has 0 aliphatic carbocycles. The third-order valence-electron chi connectivity index (χ3n) is 3.92. The second-order valence-electron chi connectivity index (χ2n) is 5.37. The molecule has 1 N–H and O–H groups in total. The maximum absolute atomic E-state index is 12.6. The number of carbonyl (C=O) groups is 2. The van der Waals surface area contributed by atoms with Crippen LogP contribution < -0.4 is 0 Å². The fourth-order valence-electron chi connectivity index (χ4n) is 2.74. The first-order valence-electron chi connectivity index (χ1n) is 7.41. The molecule has 2 rings (SSSR count). The molecular formula is C14H23NO6. The van der Waals surface area contributed by atoms with Crippen molar-refractivity contribution in [1.29, 1.82) is 0 Å². The Hall–Kier alpha value is -1.18. The Labute approximate surface area is 124 Å². The molecule has 7 nitrogen and oxygen atoms in total. The highest BCUT2D eigenvalue weighted by Crippen LogP contribution is 2.21. The van der Waals surface area contributed by atoms with Crippen LogP contribution in [0.2, 0.25) is 0 Å². The molecule has 2 saturated heterocycles. The van der Waals surface area contributed by atoms with Gasteiger partial charge in [-0.1, -0.05) is 0 Å². The van der Waals surface area contributed by atoms with E-state index in [-0.39, 0.29) is 11.9 Å². The molecular weight excluding hydrogens is 278 g/mol. The molecule has 0 saturated carbocycles. The van der Waals surface area contributed by atoms with Crippen LogP contribution in [0.25, 0.3) is 0 Å². The predicted molar refractivity (Wildman–Crippen MR) is 72.6 cm³/mol. The van der Waals surface area contributed by atoms with Crippen molar-refractivity contribution in [2.45, 2.75) is 43.9 Å². The van der Waals surface area contributed by atoms with Gasteiger partial charge in [0.15, 0.2) is 12.2 Å². The Bertz CT molecular complexity index is 374. The highest BCUT2D eigenvalue weighted by Gasteiger charge is 2.40. The molecule has 0 radical (unpaired) electrons. The summed E-state index contributed by atoms with van der Waals surface area (Å²) in [5.41, 5.74) is 0. The summed E-state index contributed by atoms with van der Waals surface area (Å²) in [6, 6.07) is -0.00783. The van der Waals surface area contributed by atoms with E-state index in [0.717, 1.165) is 19.3 Å². The minimum Gasteiger partial charge on any atom is -0.467 e. The van der Waals surface area contributed by atoms with Crippen LogP contribution in [0.4, 0.5) is 0 Å². The van der Waals surface area contributed by atoms with Crippen LogP contribution in [0.5, 0.6) is 0 Å². The number of esters is 1. The summed E-state index contributed by atoms with van der Waals surface area (Å²) in [6.07, 6.45) is 0.499. The molecule has 0 aromatic heterocycles. The van der Waals surface area contributed by atoms with E-state index in [1.165, 1.54) is 7.11 Å². The van der Waals surface area contributed by atoms with Crippen LogP contribution in [-0.2, 0) is 23.8 Å². The molecule has 0 aromatic carbocycles. The van der Waals surface area contributed by atoms with E-state index in [1.54, 1.807) is 4.90 Å². The monoisotopic (exact) mass is 301 g/mol. The molecule has 2 aliphatic heterocycles. The molecule has 1 amide bonds. The van der Waals surface area contributed by atoms with Crippen LogP contribution in [0, 0.1) is 0 Å². The van der Waals surface area contributed by atoms with Gasteiger partial charge in [-0.2, -0.15) is 0 Å². The number of hydrogen-bond donors (Lipinski definition) is 1. The lowest BCUT2D eigenvalue weighted by atomic mass is 10.1. The molecule has 0 aromatic rings. The van der Waals surface area contributed by atoms with E-state index in [2.05, 4.69) is 4.74 Å². The van der Waals surface area contributed by atoms with Gasteiger partial charge < -0.3 is 24.2 Å². The van der Waals surface area contributed by atoms with Gasteiger partial charge in [-0.05, 0) is 25.7 Å². The number of hydrogen-bond acceptors (Lipinski definition) is 6. The number of aliphatic hydroxyl groups is 1. The fraction of sp³-hybridized carbons (Fsp3) is 0.857. The number of aliphatic hydroxyl groups excluding tert-OH is 1. The summed E-state index contributed by atoms with van der Waals surface area (Å²) in [5.74, 6) is -1.21. The van der Waals surface area contributed by atoms with E-state index in [4.69, 9.17) is 9.47 Å². The number of nitrogens with zero attached hydrogens (tertiary/aromatic N) is 1. The average molecular weight is 301 g/mol.